The minimum Gasteiger partial charge on any atom is -0.369 e. The van der Waals surface area contributed by atoms with Gasteiger partial charge in [-0.15, -0.1) is 0 Å². The maximum Gasteiger partial charge on any atom is 0.0367 e. The minimum absolute atomic E-state index is 0.731. The zero-order valence-electron chi connectivity index (χ0n) is 12.4. The minimum atomic E-state index is 0.731. The topological polar surface area (TPSA) is 15.3 Å². The summed E-state index contributed by atoms with van der Waals surface area (Å²) in [5.74, 6) is 0. The number of anilines is 1. The van der Waals surface area contributed by atoms with Gasteiger partial charge in [-0.2, -0.15) is 11.8 Å². The van der Waals surface area contributed by atoms with Gasteiger partial charge >= 0.3 is 0 Å². The standard InChI is InChI=1S/C16H26N2S/c1-4-9-17-10-15-5-7-16(8-6-15)18-11-13(2)19-14(3)12-18/h5-8,13-14,17H,4,9-12H2,1-3H3. The number of nitrogens with zero attached hydrogens (tertiary/aromatic N) is 1. The van der Waals surface area contributed by atoms with E-state index in [2.05, 4.69) is 67.0 Å². The molecule has 1 saturated heterocycles. The van der Waals surface area contributed by atoms with E-state index in [4.69, 9.17) is 0 Å². The number of rotatable bonds is 5. The highest BCUT2D eigenvalue weighted by Crippen LogP contribution is 2.28. The van der Waals surface area contributed by atoms with Crippen LogP contribution in [0.2, 0.25) is 0 Å². The van der Waals surface area contributed by atoms with Crippen molar-refractivity contribution in [3.8, 4) is 0 Å². The Kier molecular flexibility index (Phi) is 5.59. The molecule has 106 valence electrons. The Labute approximate surface area is 122 Å². The van der Waals surface area contributed by atoms with Crippen molar-refractivity contribution in [3.05, 3.63) is 29.8 Å². The summed E-state index contributed by atoms with van der Waals surface area (Å²) in [4.78, 5) is 2.52. The van der Waals surface area contributed by atoms with Crippen molar-refractivity contribution in [3.63, 3.8) is 0 Å². The molecule has 2 unspecified atom stereocenters. The smallest absolute Gasteiger partial charge is 0.0367 e. The van der Waals surface area contributed by atoms with Crippen molar-refractivity contribution < 1.29 is 0 Å². The summed E-state index contributed by atoms with van der Waals surface area (Å²) < 4.78 is 0. The Bertz CT molecular complexity index is 367. The van der Waals surface area contributed by atoms with Crippen LogP contribution in [0.25, 0.3) is 0 Å². The van der Waals surface area contributed by atoms with Gasteiger partial charge in [-0.25, -0.2) is 0 Å². The number of hydrogen-bond donors (Lipinski definition) is 1. The van der Waals surface area contributed by atoms with Gasteiger partial charge in [-0.1, -0.05) is 32.9 Å². The highest BCUT2D eigenvalue weighted by atomic mass is 32.2. The van der Waals surface area contributed by atoms with Crippen molar-refractivity contribution >= 4 is 17.4 Å². The molecular weight excluding hydrogens is 252 g/mol. The van der Waals surface area contributed by atoms with Gasteiger partial charge in [-0.3, -0.25) is 0 Å². The first-order valence-corrected chi connectivity index (χ1v) is 8.33. The first-order chi connectivity index (χ1) is 9.19. The van der Waals surface area contributed by atoms with Gasteiger partial charge in [0.05, 0.1) is 0 Å². The van der Waals surface area contributed by atoms with Gasteiger partial charge in [0.25, 0.3) is 0 Å². The third-order valence-electron chi connectivity index (χ3n) is 3.48. The lowest BCUT2D eigenvalue weighted by Crippen LogP contribution is -2.40. The molecule has 1 N–H and O–H groups in total. The van der Waals surface area contributed by atoms with Gasteiger partial charge < -0.3 is 10.2 Å². The first kappa shape index (κ1) is 14.7. The molecule has 0 saturated carbocycles. The van der Waals surface area contributed by atoms with Gasteiger partial charge in [-0.05, 0) is 30.7 Å². The van der Waals surface area contributed by atoms with Crippen LogP contribution in [0.5, 0.6) is 0 Å². The SMILES string of the molecule is CCCNCc1ccc(N2CC(C)SC(C)C2)cc1. The average Bonchev–Trinajstić information content (AvgIpc) is 2.39. The molecule has 0 amide bonds. The van der Waals surface area contributed by atoms with E-state index in [9.17, 15) is 0 Å². The Morgan fingerprint density at radius 2 is 1.79 bits per heavy atom. The van der Waals surface area contributed by atoms with Crippen molar-refractivity contribution in [2.24, 2.45) is 0 Å². The maximum atomic E-state index is 3.45. The maximum absolute atomic E-state index is 3.45. The lowest BCUT2D eigenvalue weighted by molar-refractivity contribution is 0.675. The number of thioether (sulfide) groups is 1. The highest BCUT2D eigenvalue weighted by Gasteiger charge is 2.22. The molecule has 0 spiro atoms. The van der Waals surface area contributed by atoms with Crippen LogP contribution in [-0.2, 0) is 6.54 Å². The molecule has 1 aliphatic heterocycles. The molecule has 1 aromatic carbocycles. The summed E-state index contributed by atoms with van der Waals surface area (Å²) in [5, 5.41) is 4.91. The normalized spacial score (nSPS) is 23.6. The van der Waals surface area contributed by atoms with Crippen molar-refractivity contribution in [2.75, 3.05) is 24.5 Å². The molecule has 2 nitrogen and oxygen atoms in total. The van der Waals surface area contributed by atoms with Crippen LogP contribution >= 0.6 is 11.8 Å². The van der Waals surface area contributed by atoms with Gasteiger partial charge in [0, 0.05) is 35.8 Å². The average molecular weight is 278 g/mol. The van der Waals surface area contributed by atoms with Crippen LogP contribution < -0.4 is 10.2 Å². The summed E-state index contributed by atoms with van der Waals surface area (Å²) in [6.45, 7) is 11.3. The molecular formula is C16H26N2S. The predicted molar refractivity (Wildman–Crippen MR) is 87.2 cm³/mol. The molecule has 1 aliphatic rings. The molecule has 2 atom stereocenters. The monoisotopic (exact) mass is 278 g/mol. The van der Waals surface area contributed by atoms with Crippen molar-refractivity contribution in [1.82, 2.24) is 5.32 Å². The molecule has 1 fully saturated rings. The quantitative estimate of drug-likeness (QED) is 0.830. The Morgan fingerprint density at radius 1 is 1.16 bits per heavy atom. The van der Waals surface area contributed by atoms with E-state index in [0.29, 0.717) is 0 Å². The second kappa shape index (κ2) is 7.20. The number of hydrogen-bond acceptors (Lipinski definition) is 3. The van der Waals surface area contributed by atoms with Gasteiger partial charge in [0.2, 0.25) is 0 Å². The molecule has 1 heterocycles. The largest absolute Gasteiger partial charge is 0.369 e. The fourth-order valence-corrected chi connectivity index (χ4v) is 3.95. The van der Waals surface area contributed by atoms with Crippen LogP contribution in [0.15, 0.2) is 24.3 Å². The number of benzene rings is 1. The molecule has 0 bridgehead atoms. The van der Waals surface area contributed by atoms with E-state index in [1.807, 2.05) is 0 Å². The fraction of sp³-hybridized carbons (Fsp3) is 0.625. The third kappa shape index (κ3) is 4.43. The molecule has 19 heavy (non-hydrogen) atoms. The van der Waals surface area contributed by atoms with Gasteiger partial charge in [0.1, 0.15) is 0 Å². The van der Waals surface area contributed by atoms with Crippen LogP contribution in [0.1, 0.15) is 32.8 Å². The lowest BCUT2D eigenvalue weighted by atomic mass is 10.1. The van der Waals surface area contributed by atoms with E-state index in [-0.39, 0.29) is 0 Å². The summed E-state index contributed by atoms with van der Waals surface area (Å²) >= 11 is 2.10. The zero-order valence-corrected chi connectivity index (χ0v) is 13.2. The first-order valence-electron chi connectivity index (χ1n) is 7.39. The van der Waals surface area contributed by atoms with E-state index in [1.165, 1.54) is 30.8 Å². The lowest BCUT2D eigenvalue weighted by Gasteiger charge is -2.36. The summed E-state index contributed by atoms with van der Waals surface area (Å²) in [7, 11) is 0. The Balaban J connectivity index is 1.93. The van der Waals surface area contributed by atoms with Crippen LogP contribution in [-0.4, -0.2) is 30.1 Å². The number of nitrogens with one attached hydrogen (secondary N) is 1. The fourth-order valence-electron chi connectivity index (χ4n) is 2.62. The highest BCUT2D eigenvalue weighted by molar-refractivity contribution is 8.00. The zero-order chi connectivity index (χ0) is 13.7. The summed E-state index contributed by atoms with van der Waals surface area (Å²) in [6.07, 6.45) is 1.19. The summed E-state index contributed by atoms with van der Waals surface area (Å²) in [6, 6.07) is 9.07. The molecule has 0 radical (unpaired) electrons. The Hall–Kier alpha value is -0.670. The van der Waals surface area contributed by atoms with Crippen molar-refractivity contribution in [2.45, 2.75) is 44.2 Å². The van der Waals surface area contributed by atoms with Crippen LogP contribution in [0, 0.1) is 0 Å². The molecule has 0 aliphatic carbocycles. The molecule has 3 heteroatoms. The molecule has 2 rings (SSSR count). The van der Waals surface area contributed by atoms with E-state index in [0.717, 1.165) is 23.6 Å². The van der Waals surface area contributed by atoms with Crippen LogP contribution in [0.3, 0.4) is 0 Å². The third-order valence-corrected chi connectivity index (χ3v) is 4.70. The van der Waals surface area contributed by atoms with E-state index >= 15 is 0 Å². The second-order valence-corrected chi connectivity index (χ2v) is 7.39. The van der Waals surface area contributed by atoms with Crippen molar-refractivity contribution in [1.29, 1.82) is 0 Å². The van der Waals surface area contributed by atoms with Crippen LogP contribution in [0.4, 0.5) is 5.69 Å². The summed E-state index contributed by atoms with van der Waals surface area (Å²) in [5.41, 5.74) is 2.75. The van der Waals surface area contributed by atoms with Gasteiger partial charge in [0.15, 0.2) is 0 Å². The Morgan fingerprint density at radius 3 is 2.37 bits per heavy atom. The van der Waals surface area contributed by atoms with E-state index in [1.54, 1.807) is 0 Å². The van der Waals surface area contributed by atoms with E-state index < -0.39 is 0 Å². The molecule has 1 aromatic rings. The second-order valence-electron chi connectivity index (χ2n) is 5.51. The molecule has 0 aromatic heterocycles. The predicted octanol–water partition coefficient (Wildman–Crippen LogP) is 3.52.